The Labute approximate surface area is 203 Å². The monoisotopic (exact) mass is 463 g/mol. The van der Waals surface area contributed by atoms with Crippen molar-refractivity contribution in [1.82, 2.24) is 5.32 Å². The third-order valence-corrected chi connectivity index (χ3v) is 9.41. The van der Waals surface area contributed by atoms with Crippen LogP contribution in [0.15, 0.2) is 121 Å². The second kappa shape index (κ2) is 10.4. The van der Waals surface area contributed by atoms with E-state index >= 15 is 0 Å². The number of amides is 1. The average Bonchev–Trinajstić information content (AvgIpc) is 3.18. The molecule has 3 heteroatoms. The highest BCUT2D eigenvalue weighted by Crippen LogP contribution is 2.42. The molecule has 0 radical (unpaired) electrons. The summed E-state index contributed by atoms with van der Waals surface area (Å²) in [7, 11) is -0.556. The van der Waals surface area contributed by atoms with Gasteiger partial charge in [-0.2, -0.15) is 0 Å². The van der Waals surface area contributed by atoms with E-state index in [1.165, 1.54) is 21.7 Å². The van der Waals surface area contributed by atoms with Gasteiger partial charge in [-0.25, -0.2) is 0 Å². The maximum atomic E-state index is 13.7. The summed E-state index contributed by atoms with van der Waals surface area (Å²) >= 11 is 0. The zero-order valence-corrected chi connectivity index (χ0v) is 20.2. The lowest BCUT2D eigenvalue weighted by atomic mass is 9.74. The molecular formula is C31H30NOP. The summed E-state index contributed by atoms with van der Waals surface area (Å²) in [5.41, 5.74) is 2.02. The zero-order valence-electron chi connectivity index (χ0n) is 19.3. The molecule has 1 fully saturated rings. The Morgan fingerprint density at radius 3 is 1.50 bits per heavy atom. The molecule has 1 aliphatic rings. The second-order valence-corrected chi connectivity index (χ2v) is 11.5. The molecule has 1 saturated heterocycles. The van der Waals surface area contributed by atoms with Crippen LogP contribution in [0, 0.1) is 5.41 Å². The van der Waals surface area contributed by atoms with Crippen LogP contribution < -0.4 is 15.9 Å². The Kier molecular flexibility index (Phi) is 6.88. The van der Waals surface area contributed by atoms with E-state index in [-0.39, 0.29) is 11.9 Å². The van der Waals surface area contributed by atoms with Crippen LogP contribution in [-0.4, -0.2) is 18.1 Å². The van der Waals surface area contributed by atoms with Gasteiger partial charge in [-0.15, -0.1) is 0 Å². The smallest absolute Gasteiger partial charge is 0.227 e. The predicted molar refractivity (Wildman–Crippen MR) is 143 cm³/mol. The number of hydrogen-bond acceptors (Lipinski definition) is 1. The van der Waals surface area contributed by atoms with Gasteiger partial charge in [0.25, 0.3) is 0 Å². The fourth-order valence-electron chi connectivity index (χ4n) is 5.20. The number of carbonyl (C=O) groups is 1. The lowest BCUT2D eigenvalue weighted by Gasteiger charge is -2.27. The summed E-state index contributed by atoms with van der Waals surface area (Å²) in [5.74, 6) is 0.196. The Balaban J connectivity index is 1.44. The quantitative estimate of drug-likeness (QED) is 0.345. The van der Waals surface area contributed by atoms with Crippen LogP contribution in [0.2, 0.25) is 0 Å². The number of rotatable bonds is 8. The predicted octanol–water partition coefficient (Wildman–Crippen LogP) is 5.48. The van der Waals surface area contributed by atoms with Gasteiger partial charge < -0.3 is 5.32 Å². The van der Waals surface area contributed by atoms with Gasteiger partial charge in [-0.1, -0.05) is 121 Å². The first-order valence-corrected chi connectivity index (χ1v) is 13.5. The van der Waals surface area contributed by atoms with Gasteiger partial charge in [0, 0.05) is 6.04 Å². The van der Waals surface area contributed by atoms with Crippen molar-refractivity contribution in [3.8, 4) is 0 Å². The average molecular weight is 464 g/mol. The van der Waals surface area contributed by atoms with E-state index in [1.54, 1.807) is 0 Å². The second-order valence-electron chi connectivity index (χ2n) is 9.26. The fourth-order valence-corrected chi connectivity index (χ4v) is 7.65. The summed E-state index contributed by atoms with van der Waals surface area (Å²) in [6.45, 7) is 0. The van der Waals surface area contributed by atoms with Gasteiger partial charge >= 0.3 is 0 Å². The van der Waals surface area contributed by atoms with Crippen LogP contribution in [0.5, 0.6) is 0 Å². The van der Waals surface area contributed by atoms with Crippen LogP contribution in [0.3, 0.4) is 0 Å². The molecule has 0 aliphatic carbocycles. The highest BCUT2D eigenvalue weighted by Gasteiger charge is 2.47. The number of hydrogen-bond donors (Lipinski definition) is 1. The van der Waals surface area contributed by atoms with Gasteiger partial charge in [0.05, 0.1) is 5.41 Å². The van der Waals surface area contributed by atoms with Crippen molar-refractivity contribution in [1.29, 1.82) is 0 Å². The molecule has 2 nitrogen and oxygen atoms in total. The van der Waals surface area contributed by atoms with E-state index in [2.05, 4.69) is 115 Å². The first kappa shape index (κ1) is 22.6. The summed E-state index contributed by atoms with van der Waals surface area (Å²) in [6.07, 6.45) is 3.34. The largest absolute Gasteiger partial charge is 0.352 e. The van der Waals surface area contributed by atoms with Crippen LogP contribution >= 0.6 is 7.92 Å². The highest BCUT2D eigenvalue weighted by atomic mass is 31.1. The number of nitrogens with one attached hydrogen (secondary N) is 1. The Morgan fingerprint density at radius 2 is 1.06 bits per heavy atom. The molecule has 1 atom stereocenters. The van der Waals surface area contributed by atoms with Crippen LogP contribution in [0.25, 0.3) is 0 Å². The SMILES string of the molecule is O=C1N[C@H](CP(c2ccccc2)c2ccccc2)CC1(Cc1ccccc1)Cc1ccccc1. The normalized spacial score (nSPS) is 17.0. The van der Waals surface area contributed by atoms with Crippen molar-refractivity contribution in [2.24, 2.45) is 5.41 Å². The zero-order chi connectivity index (χ0) is 23.2. The minimum atomic E-state index is -0.556. The first-order valence-electron chi connectivity index (χ1n) is 12.0. The maximum Gasteiger partial charge on any atom is 0.227 e. The van der Waals surface area contributed by atoms with E-state index in [0.717, 1.165) is 25.4 Å². The molecule has 0 unspecified atom stereocenters. The van der Waals surface area contributed by atoms with E-state index < -0.39 is 13.3 Å². The van der Waals surface area contributed by atoms with Crippen molar-refractivity contribution in [2.75, 3.05) is 6.16 Å². The maximum absolute atomic E-state index is 13.7. The van der Waals surface area contributed by atoms with Gasteiger partial charge in [0.1, 0.15) is 0 Å². The van der Waals surface area contributed by atoms with E-state index in [1.807, 2.05) is 12.1 Å². The number of benzene rings is 4. The van der Waals surface area contributed by atoms with Crippen molar-refractivity contribution in [3.05, 3.63) is 132 Å². The lowest BCUT2D eigenvalue weighted by molar-refractivity contribution is -0.127. The van der Waals surface area contributed by atoms with Gasteiger partial charge in [-0.3, -0.25) is 4.79 Å². The van der Waals surface area contributed by atoms with E-state index in [0.29, 0.717) is 0 Å². The Bertz CT molecular complexity index is 1110. The van der Waals surface area contributed by atoms with Crippen molar-refractivity contribution in [2.45, 2.75) is 25.3 Å². The van der Waals surface area contributed by atoms with Crippen LogP contribution in [0.1, 0.15) is 17.5 Å². The van der Waals surface area contributed by atoms with Gasteiger partial charge in [-0.05, 0) is 55.1 Å². The summed E-state index contributed by atoms with van der Waals surface area (Å²) in [6, 6.07) is 42.7. The molecule has 0 saturated carbocycles. The molecule has 4 aromatic rings. The van der Waals surface area contributed by atoms with E-state index in [9.17, 15) is 4.79 Å². The molecule has 0 spiro atoms. The van der Waals surface area contributed by atoms with Gasteiger partial charge in [0.15, 0.2) is 0 Å². The van der Waals surface area contributed by atoms with Crippen LogP contribution in [0.4, 0.5) is 0 Å². The molecule has 1 aliphatic heterocycles. The summed E-state index contributed by atoms with van der Waals surface area (Å²) in [5, 5.41) is 6.16. The molecule has 0 aromatic heterocycles. The van der Waals surface area contributed by atoms with Crippen molar-refractivity contribution >= 4 is 24.4 Å². The Hall–Kier alpha value is -3.22. The molecular weight excluding hydrogens is 433 g/mol. The van der Waals surface area contributed by atoms with Crippen LogP contribution in [-0.2, 0) is 17.6 Å². The third-order valence-electron chi connectivity index (χ3n) is 6.76. The highest BCUT2D eigenvalue weighted by molar-refractivity contribution is 7.73. The van der Waals surface area contributed by atoms with Crippen molar-refractivity contribution < 1.29 is 4.79 Å². The standard InChI is InChI=1S/C31H30NOP/c33-30-31(21-25-13-5-1-6-14-25,22-26-15-7-2-8-16-26)23-27(32-30)24-34(28-17-9-3-10-18-28)29-19-11-4-12-20-29/h1-20,27H,21-24H2,(H,32,33)/t27-/m0/s1. The number of carbonyl (C=O) groups excluding carboxylic acids is 1. The molecule has 1 N–H and O–H groups in total. The molecule has 1 heterocycles. The van der Waals surface area contributed by atoms with E-state index in [4.69, 9.17) is 0 Å². The molecule has 170 valence electrons. The third kappa shape index (κ3) is 5.13. The molecule has 4 aromatic carbocycles. The topological polar surface area (TPSA) is 29.1 Å². The lowest BCUT2D eigenvalue weighted by Crippen LogP contribution is -2.36. The van der Waals surface area contributed by atoms with Crippen molar-refractivity contribution in [3.63, 3.8) is 0 Å². The minimum Gasteiger partial charge on any atom is -0.352 e. The fraction of sp³-hybridized carbons (Fsp3) is 0.194. The molecule has 0 bridgehead atoms. The Morgan fingerprint density at radius 1 is 0.647 bits per heavy atom. The molecule has 34 heavy (non-hydrogen) atoms. The molecule has 5 rings (SSSR count). The first-order chi connectivity index (χ1) is 16.7. The summed E-state index contributed by atoms with van der Waals surface area (Å²) < 4.78 is 0. The minimum absolute atomic E-state index is 0.159. The summed E-state index contributed by atoms with van der Waals surface area (Å²) in [4.78, 5) is 13.7. The van der Waals surface area contributed by atoms with Gasteiger partial charge in [0.2, 0.25) is 5.91 Å². The molecule has 1 amide bonds.